The molecule has 0 unspecified atom stereocenters. The Bertz CT molecular complexity index is 1280. The van der Waals surface area contributed by atoms with E-state index in [1.54, 1.807) is 30.9 Å². The summed E-state index contributed by atoms with van der Waals surface area (Å²) in [4.78, 5) is 35.2. The van der Waals surface area contributed by atoms with Crippen LogP contribution in [-0.2, 0) is 6.42 Å². The van der Waals surface area contributed by atoms with Crippen LogP contribution in [0.2, 0.25) is 4.34 Å². The van der Waals surface area contributed by atoms with Gasteiger partial charge in [0.2, 0.25) is 0 Å². The van der Waals surface area contributed by atoms with Gasteiger partial charge in [0.05, 0.1) is 24.3 Å². The second-order valence-corrected chi connectivity index (χ2v) is 9.52. The molecule has 9 heteroatoms. The van der Waals surface area contributed by atoms with E-state index in [2.05, 4.69) is 36.8 Å². The van der Waals surface area contributed by atoms with Crippen molar-refractivity contribution in [3.05, 3.63) is 64.6 Å². The maximum absolute atomic E-state index is 13.0. The summed E-state index contributed by atoms with van der Waals surface area (Å²) in [5.74, 6) is 0.872. The summed E-state index contributed by atoms with van der Waals surface area (Å²) >= 11 is 7.42. The van der Waals surface area contributed by atoms with Crippen molar-refractivity contribution in [1.82, 2.24) is 24.8 Å². The molecule has 5 rings (SSSR count). The SMILES string of the molecule is CN1CCN(c2cc(C(=O)Cc3cc4cc(-c5ncc(Cl)s5)cnc4cn3)ccn2)CC1. The first-order valence-electron chi connectivity index (χ1n) is 10.3. The molecule has 0 aromatic carbocycles. The molecular formula is C23H21ClN6OS. The number of likely N-dealkylation sites (N-methyl/N-ethyl adjacent to an activating group) is 1. The van der Waals surface area contributed by atoms with Crippen molar-refractivity contribution in [2.75, 3.05) is 38.1 Å². The van der Waals surface area contributed by atoms with Gasteiger partial charge in [-0.2, -0.15) is 0 Å². The Kier molecular flexibility index (Phi) is 5.82. The molecule has 1 aliphatic heterocycles. The molecule has 0 atom stereocenters. The highest BCUT2D eigenvalue weighted by Gasteiger charge is 2.17. The molecule has 0 N–H and O–H groups in total. The van der Waals surface area contributed by atoms with Gasteiger partial charge in [0, 0.05) is 60.8 Å². The molecule has 4 aromatic heterocycles. The fourth-order valence-corrected chi connectivity index (χ4v) is 4.64. The Morgan fingerprint density at radius 2 is 1.88 bits per heavy atom. The van der Waals surface area contributed by atoms with Crippen molar-refractivity contribution in [2.24, 2.45) is 0 Å². The second kappa shape index (κ2) is 8.90. The molecule has 162 valence electrons. The molecule has 0 bridgehead atoms. The highest BCUT2D eigenvalue weighted by molar-refractivity contribution is 7.18. The molecule has 4 aromatic rings. The van der Waals surface area contributed by atoms with Crippen LogP contribution < -0.4 is 4.90 Å². The fraction of sp³-hybridized carbons (Fsp3) is 0.261. The summed E-state index contributed by atoms with van der Waals surface area (Å²) in [6.07, 6.45) is 7.03. The Labute approximate surface area is 194 Å². The van der Waals surface area contributed by atoms with Gasteiger partial charge in [0.15, 0.2) is 5.78 Å². The van der Waals surface area contributed by atoms with Crippen LogP contribution in [0, 0.1) is 0 Å². The molecule has 0 saturated carbocycles. The second-order valence-electron chi connectivity index (χ2n) is 7.85. The fourth-order valence-electron chi connectivity index (χ4n) is 3.75. The zero-order valence-electron chi connectivity index (χ0n) is 17.5. The van der Waals surface area contributed by atoms with Crippen LogP contribution >= 0.6 is 22.9 Å². The summed E-state index contributed by atoms with van der Waals surface area (Å²) < 4.78 is 0.634. The minimum atomic E-state index is 0.0189. The summed E-state index contributed by atoms with van der Waals surface area (Å²) in [6, 6.07) is 7.59. The number of carbonyl (C=O) groups is 1. The lowest BCUT2D eigenvalue weighted by atomic mass is 10.1. The Balaban J connectivity index is 1.36. The first-order valence-corrected chi connectivity index (χ1v) is 11.5. The van der Waals surface area contributed by atoms with Gasteiger partial charge < -0.3 is 9.80 Å². The van der Waals surface area contributed by atoms with Crippen molar-refractivity contribution in [3.8, 4) is 10.6 Å². The van der Waals surface area contributed by atoms with E-state index < -0.39 is 0 Å². The molecule has 0 spiro atoms. The van der Waals surface area contributed by atoms with Gasteiger partial charge >= 0.3 is 0 Å². The zero-order valence-corrected chi connectivity index (χ0v) is 19.1. The van der Waals surface area contributed by atoms with Crippen molar-refractivity contribution in [2.45, 2.75) is 6.42 Å². The molecule has 0 aliphatic carbocycles. The molecule has 0 radical (unpaired) electrons. The van der Waals surface area contributed by atoms with Crippen LogP contribution in [0.3, 0.4) is 0 Å². The predicted molar refractivity (Wildman–Crippen MR) is 128 cm³/mol. The van der Waals surface area contributed by atoms with E-state index in [0.29, 0.717) is 15.6 Å². The first-order chi connectivity index (χ1) is 15.5. The summed E-state index contributed by atoms with van der Waals surface area (Å²) in [7, 11) is 2.12. The Morgan fingerprint density at radius 3 is 2.66 bits per heavy atom. The van der Waals surface area contributed by atoms with E-state index in [1.165, 1.54) is 11.3 Å². The first kappa shape index (κ1) is 20.9. The van der Waals surface area contributed by atoms with Crippen LogP contribution in [0.15, 0.2) is 49.1 Å². The summed E-state index contributed by atoms with van der Waals surface area (Å²) in [5.41, 5.74) is 3.02. The monoisotopic (exact) mass is 464 g/mol. The van der Waals surface area contributed by atoms with Crippen molar-refractivity contribution >= 4 is 45.4 Å². The molecular weight excluding hydrogens is 444 g/mol. The number of piperazine rings is 1. The van der Waals surface area contributed by atoms with Crippen LogP contribution in [0.4, 0.5) is 5.82 Å². The number of anilines is 1. The lowest BCUT2D eigenvalue weighted by molar-refractivity contribution is 0.0992. The third-order valence-electron chi connectivity index (χ3n) is 5.59. The lowest BCUT2D eigenvalue weighted by Crippen LogP contribution is -2.44. The van der Waals surface area contributed by atoms with E-state index in [0.717, 1.165) is 53.5 Å². The number of Topliss-reactive ketones (excluding diaryl/α,β-unsaturated/α-hetero) is 1. The number of rotatable bonds is 5. The average molecular weight is 465 g/mol. The number of hydrogen-bond acceptors (Lipinski definition) is 8. The summed E-state index contributed by atoms with van der Waals surface area (Å²) in [5, 5.41) is 1.73. The molecule has 32 heavy (non-hydrogen) atoms. The number of aromatic nitrogens is 4. The number of fused-ring (bicyclic) bond motifs is 1. The largest absolute Gasteiger partial charge is 0.354 e. The molecule has 5 heterocycles. The van der Waals surface area contributed by atoms with Gasteiger partial charge in [0.25, 0.3) is 0 Å². The molecule has 1 fully saturated rings. The minimum absolute atomic E-state index is 0.0189. The van der Waals surface area contributed by atoms with E-state index in [9.17, 15) is 4.79 Å². The van der Waals surface area contributed by atoms with E-state index in [1.807, 2.05) is 18.2 Å². The highest BCUT2D eigenvalue weighted by atomic mass is 35.5. The Hall–Kier alpha value is -2.94. The van der Waals surface area contributed by atoms with Crippen LogP contribution in [0.25, 0.3) is 21.5 Å². The van der Waals surface area contributed by atoms with Crippen LogP contribution in [0.5, 0.6) is 0 Å². The third kappa shape index (κ3) is 4.48. The minimum Gasteiger partial charge on any atom is -0.354 e. The number of thiazole rings is 1. The van der Waals surface area contributed by atoms with Gasteiger partial charge in [-0.1, -0.05) is 11.6 Å². The lowest BCUT2D eigenvalue weighted by Gasteiger charge is -2.33. The zero-order chi connectivity index (χ0) is 22.1. The van der Waals surface area contributed by atoms with Crippen LogP contribution in [-0.4, -0.2) is 63.8 Å². The Morgan fingerprint density at radius 1 is 1.03 bits per heavy atom. The molecule has 1 saturated heterocycles. The van der Waals surface area contributed by atoms with E-state index in [4.69, 9.17) is 11.6 Å². The van der Waals surface area contributed by atoms with Gasteiger partial charge in [-0.15, -0.1) is 11.3 Å². The quantitative estimate of drug-likeness (QED) is 0.413. The maximum atomic E-state index is 13.0. The number of pyridine rings is 3. The molecule has 0 amide bonds. The van der Waals surface area contributed by atoms with E-state index >= 15 is 0 Å². The normalized spacial score (nSPS) is 14.8. The third-order valence-corrected chi connectivity index (χ3v) is 6.75. The number of hydrogen-bond donors (Lipinski definition) is 0. The van der Waals surface area contributed by atoms with Gasteiger partial charge in [-0.3, -0.25) is 14.8 Å². The molecule has 1 aliphatic rings. The number of halogens is 1. The van der Waals surface area contributed by atoms with Gasteiger partial charge in [0.1, 0.15) is 15.2 Å². The topological polar surface area (TPSA) is 75.1 Å². The average Bonchev–Trinajstić information content (AvgIpc) is 3.25. The smallest absolute Gasteiger partial charge is 0.169 e. The summed E-state index contributed by atoms with van der Waals surface area (Å²) in [6.45, 7) is 3.80. The maximum Gasteiger partial charge on any atom is 0.169 e. The van der Waals surface area contributed by atoms with Crippen molar-refractivity contribution in [3.63, 3.8) is 0 Å². The standard InChI is InChI=1S/C23H21ClN6OS/c1-29-4-6-30(7-5-29)22-10-15(2-3-25-22)20(31)11-18-9-16-8-17(12-27-19(16)13-26-18)23-28-14-21(24)32-23/h2-3,8-10,12-14H,4-7,11H2,1H3. The predicted octanol–water partition coefficient (Wildman–Crippen LogP) is 3.98. The van der Waals surface area contributed by atoms with Gasteiger partial charge in [-0.05, 0) is 31.3 Å². The number of nitrogens with zero attached hydrogens (tertiary/aromatic N) is 6. The number of carbonyl (C=O) groups excluding carboxylic acids is 1. The molecule has 7 nitrogen and oxygen atoms in total. The van der Waals surface area contributed by atoms with Crippen LogP contribution in [0.1, 0.15) is 16.1 Å². The van der Waals surface area contributed by atoms with Crippen molar-refractivity contribution < 1.29 is 4.79 Å². The highest BCUT2D eigenvalue weighted by Crippen LogP contribution is 2.29. The van der Waals surface area contributed by atoms with E-state index in [-0.39, 0.29) is 12.2 Å². The number of ketones is 1. The van der Waals surface area contributed by atoms with Gasteiger partial charge in [-0.25, -0.2) is 9.97 Å². The van der Waals surface area contributed by atoms with Crippen molar-refractivity contribution in [1.29, 1.82) is 0 Å².